The molecular weight excluding hydrogens is 284 g/mol. The molecule has 0 fully saturated rings. The first-order valence-corrected chi connectivity index (χ1v) is 7.51. The summed E-state index contributed by atoms with van der Waals surface area (Å²) in [4.78, 5) is 17.7. The molecule has 1 atom stereocenters. The Morgan fingerprint density at radius 3 is 2.73 bits per heavy atom. The van der Waals surface area contributed by atoms with Crippen LogP contribution < -0.4 is 5.32 Å². The molecule has 0 spiro atoms. The molecule has 2 N–H and O–H groups in total. The van der Waals surface area contributed by atoms with E-state index >= 15 is 0 Å². The summed E-state index contributed by atoms with van der Waals surface area (Å²) >= 11 is 0. The number of amides is 1. The number of ether oxygens (including phenoxy) is 1. The van der Waals surface area contributed by atoms with Gasteiger partial charge in [-0.15, -0.1) is 0 Å². The summed E-state index contributed by atoms with van der Waals surface area (Å²) < 4.78 is 7.30. The van der Waals surface area contributed by atoms with Crippen molar-refractivity contribution < 1.29 is 14.6 Å². The second kappa shape index (κ2) is 8.14. The highest BCUT2D eigenvalue weighted by Crippen LogP contribution is 2.10. The number of aryl methyl sites for hydroxylation is 1. The quantitative estimate of drug-likeness (QED) is 0.738. The fourth-order valence-corrected chi connectivity index (χ4v) is 1.89. The molecule has 1 aromatic heterocycles. The van der Waals surface area contributed by atoms with Crippen LogP contribution in [0.25, 0.3) is 0 Å². The molecule has 1 rings (SSSR count). The zero-order chi connectivity index (χ0) is 16.8. The van der Waals surface area contributed by atoms with Gasteiger partial charge in [-0.2, -0.15) is 0 Å². The van der Waals surface area contributed by atoms with E-state index in [4.69, 9.17) is 4.74 Å². The van der Waals surface area contributed by atoms with Crippen LogP contribution in [-0.4, -0.2) is 57.0 Å². The minimum Gasteiger partial charge on any atom is -0.444 e. The zero-order valence-corrected chi connectivity index (χ0v) is 14.2. The van der Waals surface area contributed by atoms with Gasteiger partial charge in [0.05, 0.1) is 18.1 Å². The van der Waals surface area contributed by atoms with Crippen molar-refractivity contribution in [3.05, 3.63) is 18.2 Å². The average Bonchev–Trinajstić information content (AvgIpc) is 2.76. The summed E-state index contributed by atoms with van der Waals surface area (Å²) in [6.07, 6.45) is 2.55. The number of nitrogens with one attached hydrogen (secondary N) is 1. The Kier molecular flexibility index (Phi) is 6.83. The molecule has 0 bridgehead atoms. The molecule has 1 heterocycles. The normalized spacial score (nSPS) is 13.0. The molecule has 126 valence electrons. The first-order valence-electron chi connectivity index (χ1n) is 7.51. The molecule has 7 heteroatoms. The monoisotopic (exact) mass is 312 g/mol. The van der Waals surface area contributed by atoms with Gasteiger partial charge >= 0.3 is 6.09 Å². The number of nitrogens with zero attached hydrogens (tertiary/aromatic N) is 3. The maximum Gasteiger partial charge on any atom is 0.410 e. The van der Waals surface area contributed by atoms with Crippen LogP contribution in [0.1, 0.15) is 33.4 Å². The van der Waals surface area contributed by atoms with Crippen molar-refractivity contribution >= 4 is 6.09 Å². The third kappa shape index (κ3) is 6.91. The highest BCUT2D eigenvalue weighted by atomic mass is 16.6. The molecule has 0 radical (unpaired) electrons. The number of aromatic nitrogens is 2. The first kappa shape index (κ1) is 18.4. The molecular formula is C15H28N4O3. The molecule has 0 saturated heterocycles. The number of imidazole rings is 1. The van der Waals surface area contributed by atoms with Gasteiger partial charge in [0.25, 0.3) is 0 Å². The van der Waals surface area contributed by atoms with Gasteiger partial charge in [-0.1, -0.05) is 0 Å². The fraction of sp³-hybridized carbons (Fsp3) is 0.733. The molecule has 0 aliphatic carbocycles. The van der Waals surface area contributed by atoms with E-state index < -0.39 is 17.8 Å². The lowest BCUT2D eigenvalue weighted by Gasteiger charge is -2.28. The third-order valence-electron chi connectivity index (χ3n) is 2.92. The Morgan fingerprint density at radius 1 is 1.55 bits per heavy atom. The van der Waals surface area contributed by atoms with Gasteiger partial charge in [0.15, 0.2) is 0 Å². The van der Waals surface area contributed by atoms with Gasteiger partial charge in [-0.3, -0.25) is 0 Å². The molecule has 0 aliphatic heterocycles. The van der Waals surface area contributed by atoms with Gasteiger partial charge < -0.3 is 24.6 Å². The van der Waals surface area contributed by atoms with E-state index in [0.717, 1.165) is 5.69 Å². The number of aliphatic hydroxyl groups excluding tert-OH is 1. The van der Waals surface area contributed by atoms with Gasteiger partial charge in [0.1, 0.15) is 5.60 Å². The van der Waals surface area contributed by atoms with Crippen molar-refractivity contribution in [3.8, 4) is 0 Å². The second-order valence-corrected chi connectivity index (χ2v) is 6.45. The Hall–Kier alpha value is -1.60. The first-order chi connectivity index (χ1) is 10.2. The SMILES string of the molecule is CC(O)CN(CCNCc1cncn1C)C(=O)OC(C)(C)C. The lowest BCUT2D eigenvalue weighted by atomic mass is 10.2. The molecule has 0 aliphatic rings. The summed E-state index contributed by atoms with van der Waals surface area (Å²) in [6.45, 7) is 9.13. The molecule has 1 unspecified atom stereocenters. The highest BCUT2D eigenvalue weighted by molar-refractivity contribution is 5.68. The van der Waals surface area contributed by atoms with Crippen LogP contribution in [0.4, 0.5) is 4.79 Å². The number of aliphatic hydroxyl groups is 1. The maximum absolute atomic E-state index is 12.1. The summed E-state index contributed by atoms with van der Waals surface area (Å²) in [6, 6.07) is 0. The van der Waals surface area contributed by atoms with Crippen molar-refractivity contribution in [2.75, 3.05) is 19.6 Å². The van der Waals surface area contributed by atoms with Crippen LogP contribution >= 0.6 is 0 Å². The van der Waals surface area contributed by atoms with Gasteiger partial charge in [-0.05, 0) is 27.7 Å². The van der Waals surface area contributed by atoms with Crippen LogP contribution in [0.2, 0.25) is 0 Å². The van der Waals surface area contributed by atoms with Crippen LogP contribution in [0.15, 0.2) is 12.5 Å². The van der Waals surface area contributed by atoms with Crippen LogP contribution in [-0.2, 0) is 18.3 Å². The molecule has 0 aromatic carbocycles. The number of hydrogen-bond donors (Lipinski definition) is 2. The molecule has 7 nitrogen and oxygen atoms in total. The summed E-state index contributed by atoms with van der Waals surface area (Å²) in [5.74, 6) is 0. The van der Waals surface area contributed by atoms with Crippen molar-refractivity contribution in [2.45, 2.75) is 45.9 Å². The summed E-state index contributed by atoms with van der Waals surface area (Å²) in [7, 11) is 1.93. The molecule has 1 aromatic rings. The van der Waals surface area contributed by atoms with Gasteiger partial charge in [0, 0.05) is 39.4 Å². The maximum atomic E-state index is 12.1. The van der Waals surface area contributed by atoms with Crippen LogP contribution in [0.3, 0.4) is 0 Å². The number of carbonyl (C=O) groups excluding carboxylic acids is 1. The Balaban J connectivity index is 2.44. The average molecular weight is 312 g/mol. The van der Waals surface area contributed by atoms with Crippen molar-refractivity contribution in [1.82, 2.24) is 19.8 Å². The van der Waals surface area contributed by atoms with E-state index in [1.54, 1.807) is 19.4 Å². The topological polar surface area (TPSA) is 79.6 Å². The molecule has 1 amide bonds. The number of carbonyl (C=O) groups is 1. The predicted octanol–water partition coefficient (Wildman–Crippen LogP) is 1.13. The van der Waals surface area contributed by atoms with Crippen molar-refractivity contribution in [1.29, 1.82) is 0 Å². The van der Waals surface area contributed by atoms with Crippen LogP contribution in [0.5, 0.6) is 0 Å². The number of rotatable bonds is 7. The largest absolute Gasteiger partial charge is 0.444 e. The van der Waals surface area contributed by atoms with Gasteiger partial charge in [-0.25, -0.2) is 9.78 Å². The van der Waals surface area contributed by atoms with E-state index in [1.807, 2.05) is 32.4 Å². The van der Waals surface area contributed by atoms with Gasteiger partial charge in [0.2, 0.25) is 0 Å². The van der Waals surface area contributed by atoms with E-state index in [9.17, 15) is 9.90 Å². The molecule has 0 saturated carbocycles. The van der Waals surface area contributed by atoms with E-state index in [0.29, 0.717) is 19.6 Å². The summed E-state index contributed by atoms with van der Waals surface area (Å²) in [5.41, 5.74) is 0.523. The standard InChI is InChI=1S/C15H28N4O3/c1-12(20)10-19(14(21)22-15(2,3)4)7-6-16-8-13-9-17-11-18(13)5/h9,11-12,16,20H,6-8,10H2,1-5H3. The fourth-order valence-electron chi connectivity index (χ4n) is 1.89. The van der Waals surface area contributed by atoms with E-state index in [-0.39, 0.29) is 6.54 Å². The second-order valence-electron chi connectivity index (χ2n) is 6.45. The lowest BCUT2D eigenvalue weighted by molar-refractivity contribution is 0.0164. The third-order valence-corrected chi connectivity index (χ3v) is 2.92. The van der Waals surface area contributed by atoms with Crippen LogP contribution in [0, 0.1) is 0 Å². The summed E-state index contributed by atoms with van der Waals surface area (Å²) in [5, 5.41) is 12.8. The number of hydrogen-bond acceptors (Lipinski definition) is 5. The predicted molar refractivity (Wildman–Crippen MR) is 84.4 cm³/mol. The van der Waals surface area contributed by atoms with Crippen molar-refractivity contribution in [3.63, 3.8) is 0 Å². The molecule has 22 heavy (non-hydrogen) atoms. The van der Waals surface area contributed by atoms with E-state index in [1.165, 1.54) is 4.90 Å². The zero-order valence-electron chi connectivity index (χ0n) is 14.2. The Morgan fingerprint density at radius 2 is 2.23 bits per heavy atom. The lowest BCUT2D eigenvalue weighted by Crippen LogP contribution is -2.43. The highest BCUT2D eigenvalue weighted by Gasteiger charge is 2.22. The smallest absolute Gasteiger partial charge is 0.410 e. The van der Waals surface area contributed by atoms with Crippen molar-refractivity contribution in [2.24, 2.45) is 7.05 Å². The Bertz CT molecular complexity index is 466. The van der Waals surface area contributed by atoms with E-state index in [2.05, 4.69) is 10.3 Å². The minimum atomic E-state index is -0.593. The minimum absolute atomic E-state index is 0.252. The Labute approximate surface area is 132 Å².